The summed E-state index contributed by atoms with van der Waals surface area (Å²) in [7, 11) is 0. The van der Waals surface area contributed by atoms with Crippen LogP contribution >= 0.6 is 46.4 Å². The molecule has 0 spiro atoms. The third-order valence-corrected chi connectivity index (χ3v) is 5.97. The number of carbonyl (C=O) groups excluding carboxylic acids is 1. The molecule has 0 saturated carbocycles. The van der Waals surface area contributed by atoms with Crippen molar-refractivity contribution in [2.75, 3.05) is 5.32 Å². The lowest BCUT2D eigenvalue weighted by molar-refractivity contribution is 0.102. The van der Waals surface area contributed by atoms with E-state index in [-0.39, 0.29) is 11.7 Å². The highest BCUT2D eigenvalue weighted by molar-refractivity contribution is 6.36. The van der Waals surface area contributed by atoms with Gasteiger partial charge < -0.3 is 10.1 Å². The standard InChI is InChI=1S/C24H17Cl4N3O2/c25-17-3-1-4-18(11-17)33-14-15-7-9-16(10-8-15)24(32)29-23-22(28)13-31(30-23)12-19-20(26)5-2-6-21(19)27/h1-11,13H,12,14H2,(H,29,30,32). The molecular weight excluding hydrogens is 504 g/mol. The Kier molecular flexibility index (Phi) is 7.46. The summed E-state index contributed by atoms with van der Waals surface area (Å²) in [5.41, 5.74) is 2.08. The lowest BCUT2D eigenvalue weighted by Gasteiger charge is -2.08. The van der Waals surface area contributed by atoms with Crippen LogP contribution in [0.5, 0.6) is 5.75 Å². The Labute approximate surface area is 210 Å². The van der Waals surface area contributed by atoms with Gasteiger partial charge in [0.25, 0.3) is 5.91 Å². The van der Waals surface area contributed by atoms with E-state index in [2.05, 4.69) is 10.4 Å². The van der Waals surface area contributed by atoms with E-state index >= 15 is 0 Å². The van der Waals surface area contributed by atoms with Crippen LogP contribution in [-0.2, 0) is 13.2 Å². The molecule has 0 unspecified atom stereocenters. The molecule has 0 saturated heterocycles. The van der Waals surface area contributed by atoms with Gasteiger partial charge in [0.2, 0.25) is 0 Å². The zero-order valence-corrected chi connectivity index (χ0v) is 20.1. The van der Waals surface area contributed by atoms with Gasteiger partial charge >= 0.3 is 0 Å². The molecule has 0 aliphatic carbocycles. The molecule has 9 heteroatoms. The highest BCUT2D eigenvalue weighted by Crippen LogP contribution is 2.27. The van der Waals surface area contributed by atoms with Gasteiger partial charge in [0.15, 0.2) is 5.82 Å². The Morgan fingerprint density at radius 1 is 0.909 bits per heavy atom. The third-order valence-electron chi connectivity index (χ3n) is 4.75. The number of amides is 1. The highest BCUT2D eigenvalue weighted by Gasteiger charge is 2.14. The lowest BCUT2D eigenvalue weighted by Crippen LogP contribution is -2.13. The van der Waals surface area contributed by atoms with Crippen molar-refractivity contribution >= 4 is 58.1 Å². The van der Waals surface area contributed by atoms with Crippen molar-refractivity contribution < 1.29 is 9.53 Å². The fraction of sp³-hybridized carbons (Fsp3) is 0.0833. The second kappa shape index (κ2) is 10.5. The molecular formula is C24H17Cl4N3O2. The Morgan fingerprint density at radius 2 is 1.61 bits per heavy atom. The van der Waals surface area contributed by atoms with E-state index in [9.17, 15) is 4.79 Å². The molecule has 5 nitrogen and oxygen atoms in total. The van der Waals surface area contributed by atoms with Crippen molar-refractivity contribution in [2.45, 2.75) is 13.2 Å². The van der Waals surface area contributed by atoms with Crippen molar-refractivity contribution in [2.24, 2.45) is 0 Å². The number of anilines is 1. The van der Waals surface area contributed by atoms with Gasteiger partial charge in [0, 0.05) is 32.4 Å². The molecule has 1 N–H and O–H groups in total. The van der Waals surface area contributed by atoms with Crippen LogP contribution in [-0.4, -0.2) is 15.7 Å². The highest BCUT2D eigenvalue weighted by atomic mass is 35.5. The molecule has 3 aromatic carbocycles. The van der Waals surface area contributed by atoms with Crippen molar-refractivity contribution in [3.8, 4) is 5.75 Å². The van der Waals surface area contributed by atoms with Crippen LogP contribution in [0.1, 0.15) is 21.5 Å². The van der Waals surface area contributed by atoms with Crippen LogP contribution in [0, 0.1) is 0 Å². The van der Waals surface area contributed by atoms with E-state index in [0.29, 0.717) is 50.1 Å². The van der Waals surface area contributed by atoms with Gasteiger partial charge in [-0.15, -0.1) is 0 Å². The quantitative estimate of drug-likeness (QED) is 0.276. The summed E-state index contributed by atoms with van der Waals surface area (Å²) in [5, 5.41) is 9.04. The van der Waals surface area contributed by atoms with Crippen molar-refractivity contribution in [1.82, 2.24) is 9.78 Å². The first-order valence-corrected chi connectivity index (χ1v) is 11.3. The maximum Gasteiger partial charge on any atom is 0.256 e. The summed E-state index contributed by atoms with van der Waals surface area (Å²) >= 11 is 24.7. The topological polar surface area (TPSA) is 56.2 Å². The molecule has 0 atom stereocenters. The number of nitrogens with one attached hydrogen (secondary N) is 1. The minimum Gasteiger partial charge on any atom is -0.489 e. The lowest BCUT2D eigenvalue weighted by atomic mass is 10.1. The second-order valence-electron chi connectivity index (χ2n) is 7.12. The van der Waals surface area contributed by atoms with Crippen molar-refractivity contribution in [3.05, 3.63) is 110 Å². The molecule has 33 heavy (non-hydrogen) atoms. The van der Waals surface area contributed by atoms with Crippen LogP contribution < -0.4 is 10.1 Å². The maximum absolute atomic E-state index is 12.7. The van der Waals surface area contributed by atoms with E-state index < -0.39 is 0 Å². The Hall–Kier alpha value is -2.70. The minimum absolute atomic E-state index is 0.248. The van der Waals surface area contributed by atoms with Crippen molar-refractivity contribution in [1.29, 1.82) is 0 Å². The van der Waals surface area contributed by atoms with E-state index in [1.807, 2.05) is 24.3 Å². The average Bonchev–Trinajstić information content (AvgIpc) is 3.14. The zero-order chi connectivity index (χ0) is 23.4. The largest absolute Gasteiger partial charge is 0.489 e. The third kappa shape index (κ3) is 6.01. The fourth-order valence-corrected chi connectivity index (χ4v) is 3.96. The first-order chi connectivity index (χ1) is 15.9. The molecule has 0 fully saturated rings. The second-order valence-corrected chi connectivity index (χ2v) is 8.78. The number of halogens is 4. The number of aromatic nitrogens is 2. The summed E-state index contributed by atoms with van der Waals surface area (Å²) < 4.78 is 7.29. The van der Waals surface area contributed by atoms with Crippen LogP contribution in [0.4, 0.5) is 5.82 Å². The summed E-state index contributed by atoms with van der Waals surface area (Å²) in [6.07, 6.45) is 1.60. The zero-order valence-electron chi connectivity index (χ0n) is 17.1. The number of hydrogen-bond acceptors (Lipinski definition) is 3. The number of rotatable bonds is 7. The molecule has 1 amide bonds. The Bertz CT molecular complexity index is 1270. The van der Waals surface area contributed by atoms with E-state index in [1.165, 1.54) is 0 Å². The molecule has 0 bridgehead atoms. The predicted octanol–water partition coefficient (Wildman–Crippen LogP) is 7.38. The molecule has 4 aromatic rings. The summed E-state index contributed by atoms with van der Waals surface area (Å²) in [5.74, 6) is 0.589. The van der Waals surface area contributed by atoms with E-state index in [1.54, 1.807) is 53.3 Å². The van der Waals surface area contributed by atoms with Gasteiger partial charge in [-0.3, -0.25) is 9.48 Å². The van der Waals surface area contributed by atoms with Gasteiger partial charge in [-0.25, -0.2) is 0 Å². The van der Waals surface area contributed by atoms with Crippen LogP contribution in [0.15, 0.2) is 72.9 Å². The summed E-state index contributed by atoms with van der Waals surface area (Å²) in [6, 6.07) is 19.5. The number of hydrogen-bond donors (Lipinski definition) is 1. The minimum atomic E-state index is -0.333. The van der Waals surface area contributed by atoms with Crippen LogP contribution in [0.2, 0.25) is 20.1 Å². The molecule has 168 valence electrons. The smallest absolute Gasteiger partial charge is 0.256 e. The monoisotopic (exact) mass is 519 g/mol. The van der Waals surface area contributed by atoms with Gasteiger partial charge in [-0.05, 0) is 48.0 Å². The molecule has 4 rings (SSSR count). The molecule has 0 aliphatic heterocycles. The number of nitrogens with zero attached hydrogens (tertiary/aromatic N) is 2. The van der Waals surface area contributed by atoms with E-state index in [4.69, 9.17) is 51.1 Å². The Balaban J connectivity index is 1.39. The first-order valence-electron chi connectivity index (χ1n) is 9.83. The predicted molar refractivity (Wildman–Crippen MR) is 133 cm³/mol. The first kappa shape index (κ1) is 23.5. The van der Waals surface area contributed by atoms with Crippen LogP contribution in [0.3, 0.4) is 0 Å². The molecule has 0 aliphatic rings. The van der Waals surface area contributed by atoms with Gasteiger partial charge in [0.1, 0.15) is 17.4 Å². The fourth-order valence-electron chi connectivity index (χ4n) is 3.06. The number of ether oxygens (including phenoxy) is 1. The number of carbonyl (C=O) groups is 1. The van der Waals surface area contributed by atoms with Gasteiger partial charge in [-0.2, -0.15) is 5.10 Å². The average molecular weight is 521 g/mol. The Morgan fingerprint density at radius 3 is 2.30 bits per heavy atom. The van der Waals surface area contributed by atoms with Gasteiger partial charge in [0.05, 0.1) is 6.54 Å². The van der Waals surface area contributed by atoms with Gasteiger partial charge in [-0.1, -0.05) is 70.7 Å². The normalized spacial score (nSPS) is 10.8. The summed E-state index contributed by atoms with van der Waals surface area (Å²) in [4.78, 5) is 12.7. The van der Waals surface area contributed by atoms with Crippen molar-refractivity contribution in [3.63, 3.8) is 0 Å². The van der Waals surface area contributed by atoms with Crippen LogP contribution in [0.25, 0.3) is 0 Å². The summed E-state index contributed by atoms with van der Waals surface area (Å²) in [6.45, 7) is 0.665. The SMILES string of the molecule is O=C(Nc1nn(Cc2c(Cl)cccc2Cl)cc1Cl)c1ccc(COc2cccc(Cl)c2)cc1. The van der Waals surface area contributed by atoms with E-state index in [0.717, 1.165) is 5.56 Å². The molecule has 1 aromatic heterocycles. The maximum atomic E-state index is 12.7. The molecule has 1 heterocycles. The molecule has 0 radical (unpaired) electrons. The number of benzene rings is 3.